The molecule has 1 rings (SSSR count). The van der Waals surface area contributed by atoms with E-state index in [2.05, 4.69) is 5.32 Å². The molecule has 1 atom stereocenters. The lowest BCUT2D eigenvalue weighted by Gasteiger charge is -2.17. The molecule has 0 unspecified atom stereocenters. The van der Waals surface area contributed by atoms with Crippen LogP contribution in [-0.4, -0.2) is 18.2 Å². The van der Waals surface area contributed by atoms with Crippen LogP contribution >= 0.6 is 0 Å². The van der Waals surface area contributed by atoms with E-state index >= 15 is 0 Å². The van der Waals surface area contributed by atoms with Crippen LogP contribution in [0.25, 0.3) is 0 Å². The van der Waals surface area contributed by atoms with Gasteiger partial charge >= 0.3 is 6.09 Å². The highest BCUT2D eigenvalue weighted by Gasteiger charge is 2.33. The molecule has 0 aromatic heterocycles. The largest absolute Gasteiger partial charge is 0.441 e. The molecule has 1 aliphatic rings. The monoisotopic (exact) mass is 129 g/mol. The quantitative estimate of drug-likeness (QED) is 0.571. The first-order valence-electron chi connectivity index (χ1n) is 3.13. The third-order valence-electron chi connectivity index (χ3n) is 1.69. The SMILES string of the molecule is CC[C@]1(C)CNC(=O)O1. The van der Waals surface area contributed by atoms with E-state index in [-0.39, 0.29) is 11.7 Å². The van der Waals surface area contributed by atoms with Crippen LogP contribution in [0.1, 0.15) is 20.3 Å². The number of cyclic esters (lactones) is 1. The van der Waals surface area contributed by atoms with Gasteiger partial charge in [0.25, 0.3) is 0 Å². The highest BCUT2D eigenvalue weighted by Crippen LogP contribution is 2.18. The number of alkyl carbamates (subject to hydrolysis) is 1. The molecule has 0 radical (unpaired) electrons. The van der Waals surface area contributed by atoms with Gasteiger partial charge in [-0.3, -0.25) is 0 Å². The topological polar surface area (TPSA) is 38.3 Å². The smallest absolute Gasteiger partial charge is 0.407 e. The number of ether oxygens (including phenoxy) is 1. The molecular formula is C6H11NO2. The Labute approximate surface area is 54.4 Å². The summed E-state index contributed by atoms with van der Waals surface area (Å²) in [4.78, 5) is 10.5. The number of nitrogens with one attached hydrogen (secondary N) is 1. The van der Waals surface area contributed by atoms with Crippen molar-refractivity contribution < 1.29 is 9.53 Å². The van der Waals surface area contributed by atoms with E-state index in [1.165, 1.54) is 0 Å². The van der Waals surface area contributed by atoms with Gasteiger partial charge in [0.15, 0.2) is 0 Å². The molecule has 1 N–H and O–H groups in total. The van der Waals surface area contributed by atoms with Gasteiger partial charge in [0.05, 0.1) is 6.54 Å². The Morgan fingerprint density at radius 1 is 1.89 bits per heavy atom. The molecule has 1 saturated heterocycles. The molecule has 0 aromatic rings. The molecule has 52 valence electrons. The Morgan fingerprint density at radius 2 is 2.56 bits per heavy atom. The Bertz CT molecular complexity index is 135. The van der Waals surface area contributed by atoms with Crippen LogP contribution in [0.4, 0.5) is 4.79 Å². The Kier molecular flexibility index (Phi) is 1.35. The van der Waals surface area contributed by atoms with Crippen molar-refractivity contribution in [1.82, 2.24) is 5.32 Å². The molecule has 0 bridgehead atoms. The van der Waals surface area contributed by atoms with Crippen LogP contribution in [-0.2, 0) is 4.74 Å². The maximum absolute atomic E-state index is 10.5. The highest BCUT2D eigenvalue weighted by atomic mass is 16.6. The fourth-order valence-corrected chi connectivity index (χ4v) is 0.752. The second kappa shape index (κ2) is 1.90. The summed E-state index contributed by atoms with van der Waals surface area (Å²) in [6, 6.07) is 0. The number of amides is 1. The first-order chi connectivity index (χ1) is 4.16. The van der Waals surface area contributed by atoms with Crippen molar-refractivity contribution in [2.45, 2.75) is 25.9 Å². The average Bonchev–Trinajstić information content (AvgIpc) is 2.13. The lowest BCUT2D eigenvalue weighted by Crippen LogP contribution is -2.27. The van der Waals surface area contributed by atoms with Gasteiger partial charge in [0, 0.05) is 0 Å². The maximum atomic E-state index is 10.5. The molecule has 0 saturated carbocycles. The fraction of sp³-hybridized carbons (Fsp3) is 0.833. The highest BCUT2D eigenvalue weighted by molar-refractivity contribution is 5.70. The van der Waals surface area contributed by atoms with Gasteiger partial charge in [-0.25, -0.2) is 4.79 Å². The zero-order chi connectivity index (χ0) is 6.91. The Morgan fingerprint density at radius 3 is 2.78 bits per heavy atom. The molecule has 0 spiro atoms. The zero-order valence-electron chi connectivity index (χ0n) is 5.73. The number of carbonyl (C=O) groups is 1. The van der Waals surface area contributed by atoms with Crippen LogP contribution in [0.5, 0.6) is 0 Å². The lowest BCUT2D eigenvalue weighted by molar-refractivity contribution is 0.0691. The molecule has 9 heavy (non-hydrogen) atoms. The van der Waals surface area contributed by atoms with Crippen LogP contribution < -0.4 is 5.32 Å². The van der Waals surface area contributed by atoms with Gasteiger partial charge in [-0.15, -0.1) is 0 Å². The second-order valence-corrected chi connectivity index (χ2v) is 2.55. The van der Waals surface area contributed by atoms with E-state index in [1.54, 1.807) is 0 Å². The van der Waals surface area contributed by atoms with Crippen molar-refractivity contribution in [3.63, 3.8) is 0 Å². The number of hydrogen-bond acceptors (Lipinski definition) is 2. The van der Waals surface area contributed by atoms with Crippen LogP contribution in [0.15, 0.2) is 0 Å². The Hall–Kier alpha value is -0.730. The standard InChI is InChI=1S/C6H11NO2/c1-3-6(2)4-7-5(8)9-6/h3-4H2,1-2H3,(H,7,8)/t6-/m1/s1. The van der Waals surface area contributed by atoms with Gasteiger partial charge in [-0.05, 0) is 13.3 Å². The number of hydrogen-bond donors (Lipinski definition) is 1. The van der Waals surface area contributed by atoms with E-state index < -0.39 is 0 Å². The summed E-state index contributed by atoms with van der Waals surface area (Å²) in [6.07, 6.45) is 0.575. The minimum Gasteiger partial charge on any atom is -0.441 e. The third kappa shape index (κ3) is 1.15. The van der Waals surface area contributed by atoms with Gasteiger partial charge in [0.1, 0.15) is 5.60 Å². The molecule has 3 heteroatoms. The van der Waals surface area contributed by atoms with Crippen molar-refractivity contribution in [2.75, 3.05) is 6.54 Å². The molecule has 1 aliphatic heterocycles. The molecule has 3 nitrogen and oxygen atoms in total. The van der Waals surface area contributed by atoms with Gasteiger partial charge in [0.2, 0.25) is 0 Å². The molecule has 0 aromatic carbocycles. The minimum atomic E-state index is -0.292. The Balaban J connectivity index is 2.54. The summed E-state index contributed by atoms with van der Waals surface area (Å²) in [5, 5.41) is 2.60. The van der Waals surface area contributed by atoms with Crippen molar-refractivity contribution in [1.29, 1.82) is 0 Å². The lowest BCUT2D eigenvalue weighted by atomic mass is 10.1. The second-order valence-electron chi connectivity index (χ2n) is 2.55. The van der Waals surface area contributed by atoms with Gasteiger partial charge in [-0.2, -0.15) is 0 Å². The predicted octanol–water partition coefficient (Wildman–Crippen LogP) is 0.895. The summed E-state index contributed by atoms with van der Waals surface area (Å²) in [7, 11) is 0. The molecule has 0 aliphatic carbocycles. The van der Waals surface area contributed by atoms with Crippen molar-refractivity contribution in [3.8, 4) is 0 Å². The normalized spacial score (nSPS) is 33.8. The fourth-order valence-electron chi connectivity index (χ4n) is 0.752. The average molecular weight is 129 g/mol. The third-order valence-corrected chi connectivity index (χ3v) is 1.69. The van der Waals surface area contributed by atoms with Crippen LogP contribution in [0.2, 0.25) is 0 Å². The van der Waals surface area contributed by atoms with E-state index in [1.807, 2.05) is 13.8 Å². The predicted molar refractivity (Wildman–Crippen MR) is 33.2 cm³/mol. The molecular weight excluding hydrogens is 118 g/mol. The van der Waals surface area contributed by atoms with E-state index in [0.717, 1.165) is 6.42 Å². The van der Waals surface area contributed by atoms with Crippen molar-refractivity contribution in [2.24, 2.45) is 0 Å². The minimum absolute atomic E-state index is 0.253. The molecule has 1 amide bonds. The number of rotatable bonds is 1. The first-order valence-corrected chi connectivity index (χ1v) is 3.13. The summed E-state index contributed by atoms with van der Waals surface area (Å²) in [6.45, 7) is 4.56. The van der Waals surface area contributed by atoms with E-state index in [0.29, 0.717) is 6.54 Å². The van der Waals surface area contributed by atoms with Crippen molar-refractivity contribution >= 4 is 6.09 Å². The maximum Gasteiger partial charge on any atom is 0.407 e. The van der Waals surface area contributed by atoms with Crippen LogP contribution in [0, 0.1) is 0 Å². The summed E-state index contributed by atoms with van der Waals surface area (Å²) in [5.41, 5.74) is -0.253. The van der Waals surface area contributed by atoms with E-state index in [9.17, 15) is 4.79 Å². The van der Waals surface area contributed by atoms with Gasteiger partial charge < -0.3 is 10.1 Å². The number of carbonyl (C=O) groups excluding carboxylic acids is 1. The zero-order valence-corrected chi connectivity index (χ0v) is 5.73. The first kappa shape index (κ1) is 6.39. The summed E-state index contributed by atoms with van der Waals surface area (Å²) >= 11 is 0. The summed E-state index contributed by atoms with van der Waals surface area (Å²) < 4.78 is 4.95. The molecule has 1 heterocycles. The van der Waals surface area contributed by atoms with Crippen molar-refractivity contribution in [3.05, 3.63) is 0 Å². The molecule has 1 fully saturated rings. The van der Waals surface area contributed by atoms with E-state index in [4.69, 9.17) is 4.74 Å². The van der Waals surface area contributed by atoms with Gasteiger partial charge in [-0.1, -0.05) is 6.92 Å². The van der Waals surface area contributed by atoms with Crippen LogP contribution in [0.3, 0.4) is 0 Å². The summed E-state index contributed by atoms with van der Waals surface area (Å²) in [5.74, 6) is 0.